The molecular weight excluding hydrogens is 186 g/mol. The average molecular weight is 213 g/mol. The molecule has 0 spiro atoms. The lowest BCUT2D eigenvalue weighted by molar-refractivity contribution is 0.0518. The molecule has 0 aromatic carbocycles. The van der Waals surface area contributed by atoms with Gasteiger partial charge in [-0.1, -0.05) is 27.7 Å². The van der Waals surface area contributed by atoms with Crippen molar-refractivity contribution in [2.75, 3.05) is 39.3 Å². The van der Waals surface area contributed by atoms with Crippen LogP contribution < -0.4 is 5.73 Å². The van der Waals surface area contributed by atoms with Crippen LogP contribution in [0.25, 0.3) is 0 Å². The third-order valence-electron chi connectivity index (χ3n) is 3.52. The van der Waals surface area contributed by atoms with Gasteiger partial charge in [0.25, 0.3) is 0 Å². The molecule has 0 bridgehead atoms. The molecule has 1 atom stereocenters. The van der Waals surface area contributed by atoms with Gasteiger partial charge >= 0.3 is 0 Å². The first-order chi connectivity index (χ1) is 6.99. The van der Waals surface area contributed by atoms with Crippen LogP contribution >= 0.6 is 0 Å². The first kappa shape index (κ1) is 12.9. The van der Waals surface area contributed by atoms with E-state index in [1.807, 2.05) is 0 Å². The third-order valence-corrected chi connectivity index (χ3v) is 3.52. The zero-order chi connectivity index (χ0) is 11.5. The molecule has 1 heterocycles. The fourth-order valence-electron chi connectivity index (χ4n) is 2.44. The first-order valence-electron chi connectivity index (χ1n) is 6.15. The van der Waals surface area contributed by atoms with Gasteiger partial charge in [0.2, 0.25) is 0 Å². The van der Waals surface area contributed by atoms with Gasteiger partial charge in [0, 0.05) is 38.8 Å². The molecule has 1 fully saturated rings. The van der Waals surface area contributed by atoms with Crippen molar-refractivity contribution in [3.63, 3.8) is 0 Å². The van der Waals surface area contributed by atoms with Crippen molar-refractivity contribution in [1.29, 1.82) is 0 Å². The number of piperazine rings is 1. The molecule has 2 N–H and O–H groups in total. The highest BCUT2D eigenvalue weighted by atomic mass is 15.3. The molecule has 0 aromatic rings. The fourth-order valence-corrected chi connectivity index (χ4v) is 2.44. The van der Waals surface area contributed by atoms with Gasteiger partial charge in [0.1, 0.15) is 0 Å². The van der Waals surface area contributed by atoms with Crippen LogP contribution in [-0.2, 0) is 0 Å². The normalized spacial score (nSPS) is 23.0. The molecule has 3 heteroatoms. The molecule has 0 radical (unpaired) electrons. The van der Waals surface area contributed by atoms with Crippen LogP contribution in [-0.4, -0.2) is 55.1 Å². The van der Waals surface area contributed by atoms with Gasteiger partial charge in [0.15, 0.2) is 0 Å². The quantitative estimate of drug-likeness (QED) is 0.759. The summed E-state index contributed by atoms with van der Waals surface area (Å²) < 4.78 is 0. The summed E-state index contributed by atoms with van der Waals surface area (Å²) in [6, 6.07) is 0.525. The van der Waals surface area contributed by atoms with E-state index in [0.717, 1.165) is 6.54 Å². The zero-order valence-electron chi connectivity index (χ0n) is 10.8. The summed E-state index contributed by atoms with van der Waals surface area (Å²) >= 11 is 0. The Balaban J connectivity index is 2.50. The van der Waals surface area contributed by atoms with Crippen molar-refractivity contribution in [2.24, 2.45) is 11.1 Å². The molecule has 3 nitrogen and oxygen atoms in total. The van der Waals surface area contributed by atoms with Gasteiger partial charge in [-0.3, -0.25) is 4.90 Å². The average Bonchev–Trinajstić information content (AvgIpc) is 2.18. The number of nitrogens with zero attached hydrogens (tertiary/aromatic N) is 2. The molecule has 0 aliphatic carbocycles. The Labute approximate surface area is 94.6 Å². The minimum Gasteiger partial charge on any atom is -0.329 e. The van der Waals surface area contributed by atoms with Crippen LogP contribution in [0.1, 0.15) is 27.7 Å². The van der Waals surface area contributed by atoms with Gasteiger partial charge in [-0.2, -0.15) is 0 Å². The highest BCUT2D eigenvalue weighted by Crippen LogP contribution is 2.24. The van der Waals surface area contributed by atoms with Crippen LogP contribution in [0.3, 0.4) is 0 Å². The van der Waals surface area contributed by atoms with E-state index in [1.54, 1.807) is 0 Å². The SMILES string of the molecule is CCN1CCN(C(CN)C(C)(C)C)CC1. The highest BCUT2D eigenvalue weighted by Gasteiger charge is 2.30. The summed E-state index contributed by atoms with van der Waals surface area (Å²) in [5.41, 5.74) is 6.20. The Morgan fingerprint density at radius 3 is 2.00 bits per heavy atom. The minimum atomic E-state index is 0.295. The lowest BCUT2D eigenvalue weighted by atomic mass is 9.85. The predicted molar refractivity (Wildman–Crippen MR) is 66.0 cm³/mol. The van der Waals surface area contributed by atoms with Crippen LogP contribution in [0.4, 0.5) is 0 Å². The number of nitrogens with two attached hydrogens (primary N) is 1. The van der Waals surface area contributed by atoms with E-state index in [9.17, 15) is 0 Å². The number of hydrogen-bond acceptors (Lipinski definition) is 3. The summed E-state index contributed by atoms with van der Waals surface area (Å²) in [4.78, 5) is 5.07. The predicted octanol–water partition coefficient (Wildman–Crippen LogP) is 0.997. The van der Waals surface area contributed by atoms with E-state index in [1.165, 1.54) is 32.7 Å². The van der Waals surface area contributed by atoms with Gasteiger partial charge in [-0.15, -0.1) is 0 Å². The van der Waals surface area contributed by atoms with E-state index in [4.69, 9.17) is 5.73 Å². The fraction of sp³-hybridized carbons (Fsp3) is 1.00. The Morgan fingerprint density at radius 2 is 1.67 bits per heavy atom. The number of rotatable bonds is 3. The Hall–Kier alpha value is -0.120. The summed E-state index contributed by atoms with van der Waals surface area (Å²) in [6.45, 7) is 15.8. The zero-order valence-corrected chi connectivity index (χ0v) is 10.8. The van der Waals surface area contributed by atoms with Crippen molar-refractivity contribution in [2.45, 2.75) is 33.7 Å². The van der Waals surface area contributed by atoms with Crippen LogP contribution in [0.2, 0.25) is 0 Å². The van der Waals surface area contributed by atoms with Gasteiger partial charge in [-0.05, 0) is 12.0 Å². The van der Waals surface area contributed by atoms with Crippen molar-refractivity contribution >= 4 is 0 Å². The maximum Gasteiger partial charge on any atom is 0.0267 e. The van der Waals surface area contributed by atoms with Gasteiger partial charge in [-0.25, -0.2) is 0 Å². The number of likely N-dealkylation sites (N-methyl/N-ethyl adjacent to an activating group) is 1. The topological polar surface area (TPSA) is 32.5 Å². The molecule has 90 valence electrons. The molecule has 0 aromatic heterocycles. The third kappa shape index (κ3) is 3.44. The summed E-state index contributed by atoms with van der Waals surface area (Å²) in [5.74, 6) is 0. The van der Waals surface area contributed by atoms with Crippen molar-refractivity contribution < 1.29 is 0 Å². The van der Waals surface area contributed by atoms with E-state index in [0.29, 0.717) is 11.5 Å². The lowest BCUT2D eigenvalue weighted by Gasteiger charge is -2.44. The smallest absolute Gasteiger partial charge is 0.0267 e. The van der Waals surface area contributed by atoms with Crippen LogP contribution in [0, 0.1) is 5.41 Å². The van der Waals surface area contributed by atoms with Crippen molar-refractivity contribution in [1.82, 2.24) is 9.80 Å². The largest absolute Gasteiger partial charge is 0.329 e. The molecular formula is C12H27N3. The minimum absolute atomic E-state index is 0.295. The number of hydrogen-bond donors (Lipinski definition) is 1. The Kier molecular flexibility index (Phi) is 4.56. The lowest BCUT2D eigenvalue weighted by Crippen LogP contribution is -2.56. The van der Waals surface area contributed by atoms with E-state index in [-0.39, 0.29) is 0 Å². The summed E-state index contributed by atoms with van der Waals surface area (Å²) in [7, 11) is 0. The van der Waals surface area contributed by atoms with E-state index >= 15 is 0 Å². The molecule has 1 unspecified atom stereocenters. The van der Waals surface area contributed by atoms with Gasteiger partial charge < -0.3 is 10.6 Å². The molecule has 1 saturated heterocycles. The van der Waals surface area contributed by atoms with Crippen molar-refractivity contribution in [3.8, 4) is 0 Å². The maximum atomic E-state index is 5.90. The second kappa shape index (κ2) is 5.28. The van der Waals surface area contributed by atoms with Crippen LogP contribution in [0.15, 0.2) is 0 Å². The molecule has 0 saturated carbocycles. The monoisotopic (exact) mass is 213 g/mol. The summed E-state index contributed by atoms with van der Waals surface area (Å²) in [5, 5.41) is 0. The van der Waals surface area contributed by atoms with E-state index < -0.39 is 0 Å². The molecule has 15 heavy (non-hydrogen) atoms. The Bertz CT molecular complexity index is 178. The second-order valence-corrected chi connectivity index (χ2v) is 5.59. The Morgan fingerprint density at radius 1 is 1.13 bits per heavy atom. The van der Waals surface area contributed by atoms with Gasteiger partial charge in [0.05, 0.1) is 0 Å². The molecule has 0 amide bonds. The summed E-state index contributed by atoms with van der Waals surface area (Å²) in [6.07, 6.45) is 0. The highest BCUT2D eigenvalue weighted by molar-refractivity contribution is 4.86. The molecule has 1 aliphatic heterocycles. The van der Waals surface area contributed by atoms with Crippen LogP contribution in [0.5, 0.6) is 0 Å². The van der Waals surface area contributed by atoms with E-state index in [2.05, 4.69) is 37.5 Å². The first-order valence-corrected chi connectivity index (χ1v) is 6.15. The second-order valence-electron chi connectivity index (χ2n) is 5.59. The molecule has 1 aliphatic rings. The molecule has 1 rings (SSSR count). The standard InChI is InChI=1S/C12H27N3/c1-5-14-6-8-15(9-7-14)11(10-13)12(2,3)4/h11H,5-10,13H2,1-4H3. The van der Waals surface area contributed by atoms with Crippen molar-refractivity contribution in [3.05, 3.63) is 0 Å². The maximum absolute atomic E-state index is 5.90.